The smallest absolute Gasteiger partial charge is 0.271 e. The van der Waals surface area contributed by atoms with Gasteiger partial charge >= 0.3 is 0 Å². The second-order valence-electron chi connectivity index (χ2n) is 4.25. The van der Waals surface area contributed by atoms with Crippen LogP contribution in [0.2, 0.25) is 0 Å². The van der Waals surface area contributed by atoms with Crippen LogP contribution in [0, 0.1) is 5.82 Å². The van der Waals surface area contributed by atoms with Crippen LogP contribution in [0.4, 0.5) is 4.39 Å². The fourth-order valence-electron chi connectivity index (χ4n) is 1.64. The SMILES string of the molecule is COc1cc(Br)c(O)c(/C=N\NC(=O)c2ccc(F)cc2)c1. The molecule has 0 atom stereocenters. The van der Waals surface area contributed by atoms with Crippen LogP contribution >= 0.6 is 15.9 Å². The molecule has 2 aromatic carbocycles. The molecule has 5 nitrogen and oxygen atoms in total. The summed E-state index contributed by atoms with van der Waals surface area (Å²) in [6, 6.07) is 8.23. The first kappa shape index (κ1) is 16.0. The van der Waals surface area contributed by atoms with E-state index in [-0.39, 0.29) is 11.3 Å². The molecular formula is C15H12BrFN2O3. The number of benzene rings is 2. The maximum absolute atomic E-state index is 12.8. The number of nitrogens with zero attached hydrogens (tertiary/aromatic N) is 1. The van der Waals surface area contributed by atoms with E-state index in [1.807, 2.05) is 0 Å². The van der Waals surface area contributed by atoms with E-state index in [1.54, 1.807) is 12.1 Å². The lowest BCUT2D eigenvalue weighted by molar-refractivity contribution is 0.0955. The number of amides is 1. The average Bonchev–Trinajstić information content (AvgIpc) is 2.51. The predicted molar refractivity (Wildman–Crippen MR) is 83.8 cm³/mol. The summed E-state index contributed by atoms with van der Waals surface area (Å²) in [5.41, 5.74) is 2.93. The van der Waals surface area contributed by atoms with Crippen molar-refractivity contribution in [2.24, 2.45) is 5.10 Å². The number of hydrogen-bond donors (Lipinski definition) is 2. The Kier molecular flexibility index (Phi) is 5.11. The number of methoxy groups -OCH3 is 1. The van der Waals surface area contributed by atoms with E-state index in [2.05, 4.69) is 26.5 Å². The Labute approximate surface area is 134 Å². The summed E-state index contributed by atoms with van der Waals surface area (Å²) in [5.74, 6) is -0.416. The average molecular weight is 367 g/mol. The number of hydrogen-bond acceptors (Lipinski definition) is 4. The van der Waals surface area contributed by atoms with E-state index >= 15 is 0 Å². The van der Waals surface area contributed by atoms with Gasteiger partial charge < -0.3 is 9.84 Å². The van der Waals surface area contributed by atoms with E-state index in [0.717, 1.165) is 0 Å². The van der Waals surface area contributed by atoms with Gasteiger partial charge in [0.25, 0.3) is 5.91 Å². The zero-order valence-corrected chi connectivity index (χ0v) is 13.1. The van der Waals surface area contributed by atoms with E-state index in [9.17, 15) is 14.3 Å². The number of halogens is 2. The van der Waals surface area contributed by atoms with E-state index in [1.165, 1.54) is 37.6 Å². The van der Waals surface area contributed by atoms with E-state index < -0.39 is 11.7 Å². The molecule has 0 aromatic heterocycles. The third-order valence-electron chi connectivity index (χ3n) is 2.78. The molecule has 2 rings (SSSR count). The van der Waals surface area contributed by atoms with Gasteiger partial charge in [0, 0.05) is 11.1 Å². The van der Waals surface area contributed by atoms with Gasteiger partial charge in [-0.1, -0.05) is 0 Å². The summed E-state index contributed by atoms with van der Waals surface area (Å²) in [5, 5.41) is 13.6. The molecule has 2 N–H and O–H groups in total. The summed E-state index contributed by atoms with van der Waals surface area (Å²) < 4.78 is 18.3. The molecule has 114 valence electrons. The lowest BCUT2D eigenvalue weighted by Gasteiger charge is -2.06. The lowest BCUT2D eigenvalue weighted by Crippen LogP contribution is -2.17. The second-order valence-corrected chi connectivity index (χ2v) is 5.11. The van der Waals surface area contributed by atoms with Gasteiger partial charge in [0.1, 0.15) is 17.3 Å². The molecular weight excluding hydrogens is 355 g/mol. The van der Waals surface area contributed by atoms with Crippen LogP contribution in [0.3, 0.4) is 0 Å². The van der Waals surface area contributed by atoms with Crippen molar-refractivity contribution in [3.63, 3.8) is 0 Å². The van der Waals surface area contributed by atoms with Gasteiger partial charge in [0.2, 0.25) is 0 Å². The number of ether oxygens (including phenoxy) is 1. The molecule has 0 aliphatic heterocycles. The standard InChI is InChI=1S/C15H12BrFN2O3/c1-22-12-6-10(14(20)13(16)7-12)8-18-19-15(21)9-2-4-11(17)5-3-9/h2-8,20H,1H3,(H,19,21)/b18-8-. The number of hydrazone groups is 1. The summed E-state index contributed by atoms with van der Waals surface area (Å²) in [7, 11) is 1.50. The summed E-state index contributed by atoms with van der Waals surface area (Å²) in [4.78, 5) is 11.8. The van der Waals surface area contributed by atoms with Crippen molar-refractivity contribution in [2.45, 2.75) is 0 Å². The van der Waals surface area contributed by atoms with Crippen LogP contribution in [-0.4, -0.2) is 24.3 Å². The Morgan fingerprint density at radius 2 is 2.05 bits per heavy atom. The molecule has 0 bridgehead atoms. The van der Waals surface area contributed by atoms with Crippen molar-refractivity contribution in [1.29, 1.82) is 0 Å². The van der Waals surface area contributed by atoms with Crippen molar-refractivity contribution in [1.82, 2.24) is 5.43 Å². The van der Waals surface area contributed by atoms with Crippen LogP contribution in [0.5, 0.6) is 11.5 Å². The Bertz CT molecular complexity index is 717. The van der Waals surface area contributed by atoms with Crippen LogP contribution in [0.1, 0.15) is 15.9 Å². The Balaban J connectivity index is 2.11. The van der Waals surface area contributed by atoms with Gasteiger partial charge in [-0.3, -0.25) is 4.79 Å². The molecule has 0 unspecified atom stereocenters. The summed E-state index contributed by atoms with van der Waals surface area (Å²) in [6.07, 6.45) is 1.28. The molecule has 7 heteroatoms. The first-order chi connectivity index (χ1) is 10.5. The van der Waals surface area contributed by atoms with E-state index in [0.29, 0.717) is 15.8 Å². The largest absolute Gasteiger partial charge is 0.506 e. The molecule has 0 fully saturated rings. The van der Waals surface area contributed by atoms with Crippen molar-refractivity contribution in [3.8, 4) is 11.5 Å². The minimum absolute atomic E-state index is 0.0272. The molecule has 0 spiro atoms. The molecule has 1 amide bonds. The number of rotatable bonds is 4. The van der Waals surface area contributed by atoms with Gasteiger partial charge in [0.05, 0.1) is 17.8 Å². The Hall–Kier alpha value is -2.41. The maximum Gasteiger partial charge on any atom is 0.271 e. The summed E-state index contributed by atoms with van der Waals surface area (Å²) in [6.45, 7) is 0. The highest BCUT2D eigenvalue weighted by Gasteiger charge is 2.08. The van der Waals surface area contributed by atoms with E-state index in [4.69, 9.17) is 4.74 Å². The van der Waals surface area contributed by atoms with Gasteiger partial charge in [0.15, 0.2) is 0 Å². The number of phenolic OH excluding ortho intramolecular Hbond substituents is 1. The first-order valence-corrected chi connectivity index (χ1v) is 6.96. The fourth-order valence-corrected chi connectivity index (χ4v) is 2.09. The highest BCUT2D eigenvalue weighted by Crippen LogP contribution is 2.31. The minimum atomic E-state index is -0.488. The fraction of sp³-hybridized carbons (Fsp3) is 0.0667. The molecule has 22 heavy (non-hydrogen) atoms. The van der Waals surface area contributed by atoms with Gasteiger partial charge in [-0.15, -0.1) is 0 Å². The third kappa shape index (κ3) is 3.82. The molecule has 0 aliphatic carbocycles. The molecule has 0 saturated heterocycles. The molecule has 0 saturated carbocycles. The molecule has 0 heterocycles. The van der Waals surface area contributed by atoms with Crippen LogP contribution in [0.15, 0.2) is 46.0 Å². The third-order valence-corrected chi connectivity index (χ3v) is 3.38. The molecule has 0 aliphatic rings. The number of aromatic hydroxyl groups is 1. The zero-order valence-electron chi connectivity index (χ0n) is 11.5. The quantitative estimate of drug-likeness (QED) is 0.645. The predicted octanol–water partition coefficient (Wildman–Crippen LogP) is 3.07. The minimum Gasteiger partial charge on any atom is -0.506 e. The van der Waals surface area contributed by atoms with Crippen LogP contribution in [0.25, 0.3) is 0 Å². The normalized spacial score (nSPS) is 10.7. The van der Waals surface area contributed by atoms with Crippen molar-refractivity contribution >= 4 is 28.1 Å². The number of phenols is 1. The van der Waals surface area contributed by atoms with Crippen LogP contribution in [-0.2, 0) is 0 Å². The second kappa shape index (κ2) is 7.04. The highest BCUT2D eigenvalue weighted by molar-refractivity contribution is 9.10. The number of carbonyl (C=O) groups excluding carboxylic acids is 1. The molecule has 2 aromatic rings. The highest BCUT2D eigenvalue weighted by atomic mass is 79.9. The monoisotopic (exact) mass is 366 g/mol. The lowest BCUT2D eigenvalue weighted by atomic mass is 10.2. The Morgan fingerprint density at radius 1 is 1.36 bits per heavy atom. The molecule has 0 radical (unpaired) electrons. The van der Waals surface area contributed by atoms with Crippen molar-refractivity contribution in [2.75, 3.05) is 7.11 Å². The van der Waals surface area contributed by atoms with Crippen LogP contribution < -0.4 is 10.2 Å². The number of nitrogens with one attached hydrogen (secondary N) is 1. The van der Waals surface area contributed by atoms with Gasteiger partial charge in [-0.25, -0.2) is 9.82 Å². The topological polar surface area (TPSA) is 70.9 Å². The number of carbonyl (C=O) groups is 1. The van der Waals surface area contributed by atoms with Gasteiger partial charge in [-0.05, 0) is 52.3 Å². The Morgan fingerprint density at radius 3 is 2.68 bits per heavy atom. The summed E-state index contributed by atoms with van der Waals surface area (Å²) >= 11 is 3.19. The zero-order chi connectivity index (χ0) is 16.1. The maximum atomic E-state index is 12.8. The van der Waals surface area contributed by atoms with Crippen molar-refractivity contribution < 1.29 is 19.0 Å². The van der Waals surface area contributed by atoms with Crippen molar-refractivity contribution in [3.05, 3.63) is 57.8 Å². The first-order valence-electron chi connectivity index (χ1n) is 6.16. The van der Waals surface area contributed by atoms with Gasteiger partial charge in [-0.2, -0.15) is 5.10 Å².